The van der Waals surface area contributed by atoms with Crippen LogP contribution in [-0.2, 0) is 16.1 Å². The van der Waals surface area contributed by atoms with Crippen LogP contribution in [0.3, 0.4) is 0 Å². The zero-order chi connectivity index (χ0) is 21.6. The smallest absolute Gasteiger partial charge is 0.338 e. The van der Waals surface area contributed by atoms with Gasteiger partial charge in [0.15, 0.2) is 0 Å². The van der Waals surface area contributed by atoms with E-state index >= 15 is 0 Å². The zero-order valence-electron chi connectivity index (χ0n) is 18.3. The molecular weight excluding hydrogens is 376 g/mol. The molecule has 0 aliphatic heterocycles. The van der Waals surface area contributed by atoms with Crippen LogP contribution in [0, 0.1) is 6.92 Å². The number of rotatable bonds is 13. The molecule has 2 aromatic rings. The fourth-order valence-corrected chi connectivity index (χ4v) is 3.26. The summed E-state index contributed by atoms with van der Waals surface area (Å²) >= 11 is 0. The number of unbranched alkanes of at least 4 members (excludes halogenated alkanes) is 7. The number of carbonyl (C=O) groups is 2. The van der Waals surface area contributed by atoms with Crippen LogP contribution < -0.4 is 0 Å². The minimum atomic E-state index is -0.407. The lowest BCUT2D eigenvalue weighted by atomic mass is 10.1. The summed E-state index contributed by atoms with van der Waals surface area (Å²) in [7, 11) is 0. The number of hydrogen-bond acceptors (Lipinski definition) is 4. The van der Waals surface area contributed by atoms with Crippen molar-refractivity contribution in [1.82, 2.24) is 0 Å². The van der Waals surface area contributed by atoms with Crippen molar-refractivity contribution in [2.75, 3.05) is 6.61 Å². The van der Waals surface area contributed by atoms with Crippen molar-refractivity contribution >= 4 is 11.9 Å². The molecule has 4 heteroatoms. The van der Waals surface area contributed by atoms with Crippen molar-refractivity contribution < 1.29 is 19.1 Å². The molecule has 0 N–H and O–H groups in total. The minimum absolute atomic E-state index is 0.225. The number of hydrogen-bond donors (Lipinski definition) is 0. The van der Waals surface area contributed by atoms with Gasteiger partial charge in [0.2, 0.25) is 0 Å². The van der Waals surface area contributed by atoms with Crippen molar-refractivity contribution in [2.24, 2.45) is 0 Å². The Hall–Kier alpha value is -2.62. The molecule has 4 nitrogen and oxygen atoms in total. The van der Waals surface area contributed by atoms with Crippen LogP contribution in [0.4, 0.5) is 0 Å². The Morgan fingerprint density at radius 2 is 1.30 bits per heavy atom. The lowest BCUT2D eigenvalue weighted by molar-refractivity contribution is 0.0466. The maximum Gasteiger partial charge on any atom is 0.338 e. The SMILES string of the molecule is CCCCCCCCCCOC(=O)c1ccc(C(=O)OCc2cccc(C)c2)cc1. The molecule has 30 heavy (non-hydrogen) atoms. The van der Waals surface area contributed by atoms with Crippen LogP contribution in [-0.4, -0.2) is 18.5 Å². The molecule has 0 aromatic heterocycles. The first kappa shape index (κ1) is 23.7. The highest BCUT2D eigenvalue weighted by atomic mass is 16.5. The maximum atomic E-state index is 12.2. The van der Waals surface area contributed by atoms with E-state index in [1.165, 1.54) is 38.5 Å². The van der Waals surface area contributed by atoms with Crippen LogP contribution in [0.5, 0.6) is 0 Å². The number of aryl methyl sites for hydroxylation is 1. The predicted octanol–water partition coefficient (Wildman–Crippen LogP) is 6.65. The van der Waals surface area contributed by atoms with Crippen LogP contribution in [0.25, 0.3) is 0 Å². The molecule has 2 rings (SSSR count). The van der Waals surface area contributed by atoms with Gasteiger partial charge in [0, 0.05) is 0 Å². The lowest BCUT2D eigenvalue weighted by Gasteiger charge is -2.07. The van der Waals surface area contributed by atoms with Crippen molar-refractivity contribution in [1.29, 1.82) is 0 Å². The van der Waals surface area contributed by atoms with Crippen LogP contribution >= 0.6 is 0 Å². The molecule has 0 heterocycles. The van der Waals surface area contributed by atoms with Crippen LogP contribution in [0.1, 0.15) is 90.1 Å². The van der Waals surface area contributed by atoms with Gasteiger partial charge in [0.1, 0.15) is 6.61 Å². The molecular formula is C26H34O4. The Bertz CT molecular complexity index is 780. The molecule has 0 spiro atoms. The molecule has 0 radical (unpaired) electrons. The molecule has 0 saturated carbocycles. The Balaban J connectivity index is 1.66. The number of carbonyl (C=O) groups excluding carboxylic acids is 2. The van der Waals surface area contributed by atoms with Crippen molar-refractivity contribution in [2.45, 2.75) is 71.8 Å². The molecule has 162 valence electrons. The summed E-state index contributed by atoms with van der Waals surface area (Å²) in [6.07, 6.45) is 9.64. The third-order valence-electron chi connectivity index (χ3n) is 5.04. The summed E-state index contributed by atoms with van der Waals surface area (Å²) in [6, 6.07) is 14.3. The Morgan fingerprint density at radius 1 is 0.733 bits per heavy atom. The second-order valence-electron chi connectivity index (χ2n) is 7.75. The number of benzene rings is 2. The fourth-order valence-electron chi connectivity index (χ4n) is 3.26. The number of ether oxygens (including phenoxy) is 2. The van der Waals surface area contributed by atoms with E-state index in [1.54, 1.807) is 24.3 Å². The molecule has 0 saturated heterocycles. The predicted molar refractivity (Wildman–Crippen MR) is 120 cm³/mol. The van der Waals surface area contributed by atoms with E-state index in [-0.39, 0.29) is 12.6 Å². The van der Waals surface area contributed by atoms with Gasteiger partial charge in [-0.05, 0) is 43.2 Å². The molecule has 0 amide bonds. The molecule has 2 aromatic carbocycles. The molecule has 0 fully saturated rings. The molecule has 0 unspecified atom stereocenters. The topological polar surface area (TPSA) is 52.6 Å². The van der Waals surface area contributed by atoms with Crippen LogP contribution in [0.2, 0.25) is 0 Å². The minimum Gasteiger partial charge on any atom is -0.462 e. The second-order valence-corrected chi connectivity index (χ2v) is 7.75. The third kappa shape index (κ3) is 8.81. The highest BCUT2D eigenvalue weighted by molar-refractivity contribution is 5.93. The molecule has 0 aliphatic carbocycles. The Labute approximate surface area is 180 Å². The van der Waals surface area contributed by atoms with Gasteiger partial charge in [0.25, 0.3) is 0 Å². The summed E-state index contributed by atoms with van der Waals surface area (Å²) < 4.78 is 10.7. The Morgan fingerprint density at radius 3 is 1.90 bits per heavy atom. The van der Waals surface area contributed by atoms with Crippen molar-refractivity contribution in [3.05, 3.63) is 70.8 Å². The van der Waals surface area contributed by atoms with Gasteiger partial charge in [-0.2, -0.15) is 0 Å². The van der Waals surface area contributed by atoms with E-state index in [9.17, 15) is 9.59 Å². The van der Waals surface area contributed by atoms with Gasteiger partial charge < -0.3 is 9.47 Å². The third-order valence-corrected chi connectivity index (χ3v) is 5.04. The normalized spacial score (nSPS) is 10.6. The quantitative estimate of drug-likeness (QED) is 0.274. The van der Waals surface area contributed by atoms with Crippen LogP contribution in [0.15, 0.2) is 48.5 Å². The molecule has 0 atom stereocenters. The van der Waals surface area contributed by atoms with E-state index in [2.05, 4.69) is 6.92 Å². The van der Waals surface area contributed by atoms with Gasteiger partial charge in [-0.25, -0.2) is 9.59 Å². The van der Waals surface area contributed by atoms with E-state index < -0.39 is 5.97 Å². The first-order valence-corrected chi connectivity index (χ1v) is 11.1. The van der Waals surface area contributed by atoms with Crippen molar-refractivity contribution in [3.8, 4) is 0 Å². The first-order valence-electron chi connectivity index (χ1n) is 11.1. The summed E-state index contributed by atoms with van der Waals surface area (Å²) in [5.41, 5.74) is 2.94. The van der Waals surface area contributed by atoms with E-state index in [0.717, 1.165) is 24.0 Å². The summed E-state index contributed by atoms with van der Waals surface area (Å²) in [5.74, 6) is -0.756. The number of esters is 2. The Kier molecular flexibility index (Phi) is 10.7. The summed E-state index contributed by atoms with van der Waals surface area (Å²) in [5, 5.41) is 0. The van der Waals surface area contributed by atoms with Gasteiger partial charge in [0.05, 0.1) is 17.7 Å². The average Bonchev–Trinajstić information content (AvgIpc) is 2.76. The average molecular weight is 411 g/mol. The fraction of sp³-hybridized carbons (Fsp3) is 0.462. The first-order chi connectivity index (χ1) is 14.6. The second kappa shape index (κ2) is 13.6. The van der Waals surface area contributed by atoms with Gasteiger partial charge in [-0.3, -0.25) is 0 Å². The van der Waals surface area contributed by atoms with Gasteiger partial charge in [-0.1, -0.05) is 81.7 Å². The van der Waals surface area contributed by atoms with Gasteiger partial charge in [-0.15, -0.1) is 0 Å². The highest BCUT2D eigenvalue weighted by Gasteiger charge is 2.11. The summed E-state index contributed by atoms with van der Waals surface area (Å²) in [4.78, 5) is 24.3. The largest absolute Gasteiger partial charge is 0.462 e. The monoisotopic (exact) mass is 410 g/mol. The lowest BCUT2D eigenvalue weighted by Crippen LogP contribution is -2.08. The van der Waals surface area contributed by atoms with Crippen molar-refractivity contribution in [3.63, 3.8) is 0 Å². The zero-order valence-corrected chi connectivity index (χ0v) is 18.3. The van der Waals surface area contributed by atoms with E-state index in [0.29, 0.717) is 17.7 Å². The van der Waals surface area contributed by atoms with Gasteiger partial charge >= 0.3 is 11.9 Å². The van der Waals surface area contributed by atoms with E-state index in [1.807, 2.05) is 31.2 Å². The maximum absolute atomic E-state index is 12.2. The summed E-state index contributed by atoms with van der Waals surface area (Å²) in [6.45, 7) is 4.88. The standard InChI is InChI=1S/C26H34O4/c1-3-4-5-6-7-8-9-10-18-29-25(27)23-14-16-24(17-15-23)26(28)30-20-22-13-11-12-21(2)19-22/h11-17,19H,3-10,18,20H2,1-2H3. The highest BCUT2D eigenvalue weighted by Crippen LogP contribution is 2.12. The molecule has 0 bridgehead atoms. The molecule has 0 aliphatic rings. The van der Waals surface area contributed by atoms with E-state index in [4.69, 9.17) is 9.47 Å².